The molecule has 0 spiro atoms. The van der Waals surface area contributed by atoms with Crippen molar-refractivity contribution < 1.29 is 13.2 Å². The van der Waals surface area contributed by atoms with E-state index in [0.717, 1.165) is 0 Å². The van der Waals surface area contributed by atoms with Crippen molar-refractivity contribution in [3.63, 3.8) is 0 Å². The molecule has 17 heavy (non-hydrogen) atoms. The highest BCUT2D eigenvalue weighted by Crippen LogP contribution is 2.07. The molecule has 0 saturated carbocycles. The Morgan fingerprint density at radius 2 is 1.88 bits per heavy atom. The maximum Gasteiger partial charge on any atom is 0.329 e. The zero-order valence-corrected chi connectivity index (χ0v) is 10.3. The molecule has 7 nitrogen and oxygen atoms in total. The Labute approximate surface area is 99.7 Å². The summed E-state index contributed by atoms with van der Waals surface area (Å²) in [5.74, 6) is 0. The largest absolute Gasteiger partial charge is 0.329 e. The molecule has 0 aromatic carbocycles. The van der Waals surface area contributed by atoms with Gasteiger partial charge in [-0.3, -0.25) is 4.57 Å². The van der Waals surface area contributed by atoms with E-state index in [1.165, 1.54) is 27.7 Å². The molecular formula is C9H14N4O3S. The minimum Gasteiger partial charge on any atom is -0.321 e. The smallest absolute Gasteiger partial charge is 0.321 e. The van der Waals surface area contributed by atoms with Gasteiger partial charge >= 0.3 is 6.03 Å². The molecule has 2 heterocycles. The van der Waals surface area contributed by atoms with Gasteiger partial charge in [-0.25, -0.2) is 18.2 Å². The topological polar surface area (TPSA) is 75.5 Å². The van der Waals surface area contributed by atoms with Crippen LogP contribution < -0.4 is 0 Å². The second-order valence-corrected chi connectivity index (χ2v) is 5.88. The summed E-state index contributed by atoms with van der Waals surface area (Å²) in [4.78, 5) is 17.3. The van der Waals surface area contributed by atoms with Crippen LogP contribution >= 0.6 is 0 Å². The van der Waals surface area contributed by atoms with Crippen LogP contribution in [0.4, 0.5) is 4.79 Å². The molecule has 0 atom stereocenters. The van der Waals surface area contributed by atoms with E-state index in [2.05, 4.69) is 4.98 Å². The highest BCUT2D eigenvalue weighted by molar-refractivity contribution is 7.88. The van der Waals surface area contributed by atoms with Crippen molar-refractivity contribution in [2.45, 2.75) is 0 Å². The monoisotopic (exact) mass is 258 g/mol. The Balaban J connectivity index is 1.98. The van der Waals surface area contributed by atoms with E-state index in [-0.39, 0.29) is 6.03 Å². The summed E-state index contributed by atoms with van der Waals surface area (Å²) < 4.78 is 25.4. The fourth-order valence-electron chi connectivity index (χ4n) is 1.75. The van der Waals surface area contributed by atoms with Crippen molar-refractivity contribution in [1.29, 1.82) is 0 Å². The molecule has 94 valence electrons. The zero-order valence-electron chi connectivity index (χ0n) is 9.48. The first-order chi connectivity index (χ1) is 7.98. The molecule has 0 bridgehead atoms. The fourth-order valence-corrected chi connectivity index (χ4v) is 2.57. The van der Waals surface area contributed by atoms with Gasteiger partial charge in [-0.1, -0.05) is 0 Å². The van der Waals surface area contributed by atoms with Crippen molar-refractivity contribution in [1.82, 2.24) is 18.8 Å². The van der Waals surface area contributed by atoms with E-state index in [4.69, 9.17) is 0 Å². The number of piperazine rings is 1. The van der Waals surface area contributed by atoms with E-state index < -0.39 is 10.0 Å². The normalized spacial score (nSPS) is 18.3. The second-order valence-electron chi connectivity index (χ2n) is 3.90. The van der Waals surface area contributed by atoms with Crippen LogP contribution in [0.1, 0.15) is 0 Å². The molecule has 1 fully saturated rings. The minimum absolute atomic E-state index is 0.171. The number of carbonyl (C=O) groups excluding carboxylic acids is 1. The van der Waals surface area contributed by atoms with Crippen molar-refractivity contribution >= 4 is 16.1 Å². The minimum atomic E-state index is -3.15. The van der Waals surface area contributed by atoms with Crippen molar-refractivity contribution in [3.05, 3.63) is 18.7 Å². The van der Waals surface area contributed by atoms with Gasteiger partial charge in [0.05, 0.1) is 6.26 Å². The van der Waals surface area contributed by atoms with Gasteiger partial charge in [-0.05, 0) is 0 Å². The van der Waals surface area contributed by atoms with Crippen LogP contribution in [-0.4, -0.2) is 65.6 Å². The third-order valence-corrected chi connectivity index (χ3v) is 4.01. The maximum atomic E-state index is 11.9. The van der Waals surface area contributed by atoms with Gasteiger partial charge in [0.1, 0.15) is 6.33 Å². The molecule has 1 aliphatic rings. The Morgan fingerprint density at radius 1 is 1.24 bits per heavy atom. The lowest BCUT2D eigenvalue weighted by Gasteiger charge is -2.33. The highest BCUT2D eigenvalue weighted by atomic mass is 32.2. The number of carbonyl (C=O) groups is 1. The van der Waals surface area contributed by atoms with Crippen molar-refractivity contribution in [2.24, 2.45) is 0 Å². The first-order valence-electron chi connectivity index (χ1n) is 5.21. The molecule has 1 aliphatic heterocycles. The summed E-state index contributed by atoms with van der Waals surface area (Å²) in [5, 5.41) is 0. The van der Waals surface area contributed by atoms with Crippen molar-refractivity contribution in [2.75, 3.05) is 32.4 Å². The first kappa shape index (κ1) is 12.1. The Hall–Kier alpha value is -1.41. The van der Waals surface area contributed by atoms with Crippen LogP contribution in [0.5, 0.6) is 0 Å². The van der Waals surface area contributed by atoms with E-state index in [1.807, 2.05) is 0 Å². The average molecular weight is 258 g/mol. The maximum absolute atomic E-state index is 11.9. The van der Waals surface area contributed by atoms with Gasteiger partial charge in [0, 0.05) is 38.6 Å². The predicted octanol–water partition coefficient (Wildman–Crippen LogP) is -0.572. The summed E-state index contributed by atoms with van der Waals surface area (Å²) in [6, 6.07) is -0.171. The van der Waals surface area contributed by atoms with E-state index >= 15 is 0 Å². The van der Waals surface area contributed by atoms with Gasteiger partial charge in [0.25, 0.3) is 0 Å². The van der Waals surface area contributed by atoms with E-state index in [1.54, 1.807) is 11.1 Å². The molecule has 2 rings (SSSR count). The van der Waals surface area contributed by atoms with Crippen LogP contribution in [0, 0.1) is 0 Å². The van der Waals surface area contributed by atoms with Crippen LogP contribution in [0.3, 0.4) is 0 Å². The fraction of sp³-hybridized carbons (Fsp3) is 0.556. The molecule has 1 aromatic heterocycles. The van der Waals surface area contributed by atoms with Crippen LogP contribution in [0.2, 0.25) is 0 Å². The number of imidazole rings is 1. The average Bonchev–Trinajstić information content (AvgIpc) is 2.80. The Kier molecular flexibility index (Phi) is 3.16. The van der Waals surface area contributed by atoms with Gasteiger partial charge in [-0.15, -0.1) is 0 Å². The second kappa shape index (κ2) is 4.46. The summed E-state index contributed by atoms with van der Waals surface area (Å²) in [6.45, 7) is 1.51. The molecular weight excluding hydrogens is 244 g/mol. The Morgan fingerprint density at radius 3 is 2.35 bits per heavy atom. The van der Waals surface area contributed by atoms with E-state index in [0.29, 0.717) is 26.2 Å². The molecule has 8 heteroatoms. The predicted molar refractivity (Wildman–Crippen MR) is 61.0 cm³/mol. The summed E-state index contributed by atoms with van der Waals surface area (Å²) in [6.07, 6.45) is 5.72. The lowest BCUT2D eigenvalue weighted by atomic mass is 10.4. The Bertz CT molecular complexity index is 488. The highest BCUT2D eigenvalue weighted by Gasteiger charge is 2.26. The summed E-state index contributed by atoms with van der Waals surface area (Å²) >= 11 is 0. The molecule has 0 radical (unpaired) electrons. The lowest BCUT2D eigenvalue weighted by Crippen LogP contribution is -2.51. The number of aromatic nitrogens is 2. The molecule has 1 saturated heterocycles. The molecule has 0 N–H and O–H groups in total. The number of hydrogen-bond donors (Lipinski definition) is 0. The zero-order chi connectivity index (χ0) is 12.5. The third-order valence-electron chi connectivity index (χ3n) is 2.70. The number of amides is 1. The number of nitrogens with zero attached hydrogens (tertiary/aromatic N) is 4. The SMILES string of the molecule is CS(=O)(=O)N1CCN(C(=O)n2ccnc2)CC1. The van der Waals surface area contributed by atoms with Gasteiger partial charge < -0.3 is 4.90 Å². The van der Waals surface area contributed by atoms with Crippen molar-refractivity contribution in [3.8, 4) is 0 Å². The van der Waals surface area contributed by atoms with E-state index in [9.17, 15) is 13.2 Å². The lowest BCUT2D eigenvalue weighted by molar-refractivity contribution is 0.174. The van der Waals surface area contributed by atoms with Gasteiger partial charge in [0.15, 0.2) is 0 Å². The van der Waals surface area contributed by atoms with Crippen LogP contribution in [0.25, 0.3) is 0 Å². The number of hydrogen-bond acceptors (Lipinski definition) is 4. The molecule has 0 aliphatic carbocycles. The number of rotatable bonds is 1. The molecule has 1 amide bonds. The molecule has 1 aromatic rings. The quantitative estimate of drug-likeness (QED) is 0.676. The van der Waals surface area contributed by atoms with Gasteiger partial charge in [0.2, 0.25) is 10.0 Å². The van der Waals surface area contributed by atoms with Crippen LogP contribution in [-0.2, 0) is 10.0 Å². The number of sulfonamides is 1. The summed E-state index contributed by atoms with van der Waals surface area (Å²) in [7, 11) is -3.15. The van der Waals surface area contributed by atoms with Crippen LogP contribution in [0.15, 0.2) is 18.7 Å². The standard InChI is InChI=1S/C9H14N4O3S/c1-17(15,16)13-6-4-11(5-7-13)9(14)12-3-2-10-8-12/h2-3,8H,4-7H2,1H3. The third kappa shape index (κ3) is 2.64. The first-order valence-corrected chi connectivity index (χ1v) is 7.05. The summed E-state index contributed by atoms with van der Waals surface area (Å²) in [5.41, 5.74) is 0. The molecule has 0 unspecified atom stereocenters. The van der Waals surface area contributed by atoms with Gasteiger partial charge in [-0.2, -0.15) is 4.31 Å².